The molecule has 0 atom stereocenters. The van der Waals surface area contributed by atoms with E-state index in [1.54, 1.807) is 6.07 Å². The second kappa shape index (κ2) is 8.90. The van der Waals surface area contributed by atoms with E-state index < -0.39 is 22.6 Å². The molecule has 33 heavy (non-hydrogen) atoms. The summed E-state index contributed by atoms with van der Waals surface area (Å²) >= 11 is 0. The number of ether oxygens (including phenoxy) is 1. The van der Waals surface area contributed by atoms with Gasteiger partial charge in [-0.3, -0.25) is 14.9 Å². The van der Waals surface area contributed by atoms with Gasteiger partial charge in [0.15, 0.2) is 0 Å². The molecule has 3 aromatic rings. The van der Waals surface area contributed by atoms with Gasteiger partial charge in [0, 0.05) is 37.6 Å². The standard InChI is InChI=1S/C21H18F3N5O4/c22-21(23,24)14-2-4-19(28-7-1-6-25-28)17(12-14)26-20(30)16-13-15(29(31)32)3-5-18(16)27-8-10-33-11-9-27/h1-7,12-13H,8-11H2,(H,26,30). The van der Waals surface area contributed by atoms with Gasteiger partial charge in [0.2, 0.25) is 0 Å². The van der Waals surface area contributed by atoms with E-state index in [9.17, 15) is 28.1 Å². The molecule has 1 aromatic heterocycles. The van der Waals surface area contributed by atoms with Gasteiger partial charge in [0.1, 0.15) is 0 Å². The van der Waals surface area contributed by atoms with E-state index >= 15 is 0 Å². The number of morpholine rings is 1. The van der Waals surface area contributed by atoms with Crippen molar-refractivity contribution in [3.05, 3.63) is 76.1 Å². The molecule has 1 amide bonds. The molecular formula is C21H18F3N5O4. The molecule has 0 saturated carbocycles. The number of hydrogen-bond donors (Lipinski definition) is 1. The summed E-state index contributed by atoms with van der Waals surface area (Å²) in [5.74, 6) is -0.784. The number of aromatic nitrogens is 2. The zero-order valence-electron chi connectivity index (χ0n) is 17.1. The zero-order chi connectivity index (χ0) is 23.6. The van der Waals surface area contributed by atoms with E-state index in [-0.39, 0.29) is 22.6 Å². The summed E-state index contributed by atoms with van der Waals surface area (Å²) in [6.07, 6.45) is -1.67. The van der Waals surface area contributed by atoms with Crippen molar-refractivity contribution < 1.29 is 27.6 Å². The van der Waals surface area contributed by atoms with Crippen LogP contribution in [0.4, 0.5) is 30.2 Å². The number of nitrogens with zero attached hydrogens (tertiary/aromatic N) is 4. The van der Waals surface area contributed by atoms with Crippen LogP contribution in [-0.4, -0.2) is 46.9 Å². The molecule has 0 aliphatic carbocycles. The average molecular weight is 461 g/mol. The zero-order valence-corrected chi connectivity index (χ0v) is 17.1. The number of nitrogens with one attached hydrogen (secondary N) is 1. The number of non-ortho nitro benzene ring substituents is 1. The first-order chi connectivity index (χ1) is 15.7. The number of hydrogen-bond acceptors (Lipinski definition) is 6. The molecule has 0 bridgehead atoms. The fraction of sp³-hybridized carbons (Fsp3) is 0.238. The van der Waals surface area contributed by atoms with Gasteiger partial charge in [0.05, 0.1) is 46.3 Å². The van der Waals surface area contributed by atoms with Crippen LogP contribution in [0.3, 0.4) is 0 Å². The molecule has 12 heteroatoms. The molecule has 4 rings (SSSR count). The van der Waals surface area contributed by atoms with Gasteiger partial charge >= 0.3 is 6.18 Å². The lowest BCUT2D eigenvalue weighted by molar-refractivity contribution is -0.384. The van der Waals surface area contributed by atoms with E-state index in [0.717, 1.165) is 18.2 Å². The Morgan fingerprint density at radius 1 is 1.12 bits per heavy atom. The van der Waals surface area contributed by atoms with Crippen LogP contribution in [0, 0.1) is 10.1 Å². The Morgan fingerprint density at radius 2 is 1.85 bits per heavy atom. The molecule has 0 radical (unpaired) electrons. The summed E-state index contributed by atoms with van der Waals surface area (Å²) in [5, 5.41) is 17.8. The van der Waals surface area contributed by atoms with Crippen LogP contribution in [-0.2, 0) is 10.9 Å². The van der Waals surface area contributed by atoms with Crippen molar-refractivity contribution in [1.82, 2.24) is 9.78 Å². The molecule has 2 aromatic carbocycles. The van der Waals surface area contributed by atoms with Crippen LogP contribution in [0.1, 0.15) is 15.9 Å². The third-order valence-electron chi connectivity index (χ3n) is 5.11. The molecule has 0 spiro atoms. The van der Waals surface area contributed by atoms with Crippen molar-refractivity contribution in [3.8, 4) is 5.69 Å². The van der Waals surface area contributed by atoms with Crippen molar-refractivity contribution >= 4 is 23.0 Å². The lowest BCUT2D eigenvalue weighted by Crippen LogP contribution is -2.37. The SMILES string of the molecule is O=C(Nc1cc(C(F)(F)F)ccc1-n1cccn1)c1cc([N+](=O)[O-])ccc1N1CCOCC1. The Balaban J connectivity index is 1.76. The Hall–Kier alpha value is -3.93. The van der Waals surface area contributed by atoms with E-state index in [1.165, 1.54) is 35.3 Å². The molecule has 1 fully saturated rings. The van der Waals surface area contributed by atoms with Gasteiger partial charge < -0.3 is 15.0 Å². The fourth-order valence-electron chi connectivity index (χ4n) is 3.51. The van der Waals surface area contributed by atoms with E-state index in [4.69, 9.17) is 4.74 Å². The van der Waals surface area contributed by atoms with Crippen LogP contribution in [0.25, 0.3) is 5.69 Å². The molecule has 9 nitrogen and oxygen atoms in total. The van der Waals surface area contributed by atoms with Crippen LogP contribution >= 0.6 is 0 Å². The number of rotatable bonds is 5. The molecule has 1 saturated heterocycles. The summed E-state index contributed by atoms with van der Waals surface area (Å²) in [6.45, 7) is 1.74. The van der Waals surface area contributed by atoms with Gasteiger partial charge in [-0.05, 0) is 30.3 Å². The third-order valence-corrected chi connectivity index (χ3v) is 5.11. The van der Waals surface area contributed by atoms with Crippen molar-refractivity contribution in [1.29, 1.82) is 0 Å². The molecule has 2 heterocycles. The van der Waals surface area contributed by atoms with Gasteiger partial charge in [-0.1, -0.05) is 0 Å². The molecular weight excluding hydrogens is 443 g/mol. The highest BCUT2D eigenvalue weighted by Crippen LogP contribution is 2.34. The van der Waals surface area contributed by atoms with Crippen LogP contribution in [0.15, 0.2) is 54.9 Å². The maximum Gasteiger partial charge on any atom is 0.416 e. The van der Waals surface area contributed by atoms with Crippen LogP contribution in [0.5, 0.6) is 0 Å². The molecule has 172 valence electrons. The highest BCUT2D eigenvalue weighted by molar-refractivity contribution is 6.09. The number of anilines is 2. The number of nitro groups is 1. The summed E-state index contributed by atoms with van der Waals surface area (Å²) in [7, 11) is 0. The Bertz CT molecular complexity index is 1180. The summed E-state index contributed by atoms with van der Waals surface area (Å²) in [4.78, 5) is 25.7. The minimum absolute atomic E-state index is 0.0325. The topological polar surface area (TPSA) is 103 Å². The van der Waals surface area contributed by atoms with Crippen molar-refractivity contribution in [2.24, 2.45) is 0 Å². The Kier molecular flexibility index (Phi) is 6.01. The largest absolute Gasteiger partial charge is 0.416 e. The first-order valence-corrected chi connectivity index (χ1v) is 9.88. The monoisotopic (exact) mass is 461 g/mol. The smallest absolute Gasteiger partial charge is 0.378 e. The first kappa shape index (κ1) is 22.3. The minimum atomic E-state index is -4.63. The van der Waals surface area contributed by atoms with Gasteiger partial charge in [-0.25, -0.2) is 4.68 Å². The highest BCUT2D eigenvalue weighted by Gasteiger charge is 2.32. The second-order valence-electron chi connectivity index (χ2n) is 7.19. The lowest BCUT2D eigenvalue weighted by atomic mass is 10.1. The average Bonchev–Trinajstić information content (AvgIpc) is 3.33. The number of amides is 1. The van der Waals surface area contributed by atoms with Crippen LogP contribution in [0.2, 0.25) is 0 Å². The minimum Gasteiger partial charge on any atom is -0.378 e. The molecule has 1 aliphatic rings. The number of nitro benzene ring substituents is 1. The van der Waals surface area contributed by atoms with Gasteiger partial charge in [0.25, 0.3) is 11.6 Å². The van der Waals surface area contributed by atoms with Crippen molar-refractivity contribution in [3.63, 3.8) is 0 Å². The van der Waals surface area contributed by atoms with E-state index in [1.807, 2.05) is 4.90 Å². The van der Waals surface area contributed by atoms with Gasteiger partial charge in [-0.2, -0.15) is 18.3 Å². The number of alkyl halides is 3. The van der Waals surface area contributed by atoms with Gasteiger partial charge in [-0.15, -0.1) is 0 Å². The summed E-state index contributed by atoms with van der Waals surface area (Å²) < 4.78 is 46.6. The van der Waals surface area contributed by atoms with E-state index in [2.05, 4.69) is 10.4 Å². The van der Waals surface area contributed by atoms with Crippen LogP contribution < -0.4 is 10.2 Å². The number of carbonyl (C=O) groups is 1. The maximum atomic E-state index is 13.3. The number of benzene rings is 2. The summed E-state index contributed by atoms with van der Waals surface area (Å²) in [6, 6.07) is 8.32. The third kappa shape index (κ3) is 4.80. The lowest BCUT2D eigenvalue weighted by Gasteiger charge is -2.30. The van der Waals surface area contributed by atoms with Crippen molar-refractivity contribution in [2.75, 3.05) is 36.5 Å². The Labute approximate surface area is 185 Å². The fourth-order valence-corrected chi connectivity index (χ4v) is 3.51. The number of halogens is 3. The van der Waals surface area contributed by atoms with Crippen molar-refractivity contribution in [2.45, 2.75) is 6.18 Å². The number of carbonyl (C=O) groups excluding carboxylic acids is 1. The quantitative estimate of drug-likeness (QED) is 0.457. The Morgan fingerprint density at radius 3 is 2.48 bits per heavy atom. The second-order valence-corrected chi connectivity index (χ2v) is 7.19. The predicted octanol–water partition coefficient (Wildman–Crippen LogP) is 3.89. The highest BCUT2D eigenvalue weighted by atomic mass is 19.4. The molecule has 1 aliphatic heterocycles. The first-order valence-electron chi connectivity index (χ1n) is 9.88. The molecule has 0 unspecified atom stereocenters. The molecule has 1 N–H and O–H groups in total. The normalized spacial score (nSPS) is 14.2. The summed E-state index contributed by atoms with van der Waals surface area (Å²) in [5.41, 5.74) is -0.809. The van der Waals surface area contributed by atoms with E-state index in [0.29, 0.717) is 32.0 Å². The predicted molar refractivity (Wildman–Crippen MR) is 113 cm³/mol. The maximum absolute atomic E-state index is 13.3.